The highest BCUT2D eigenvalue weighted by Gasteiger charge is 2.05. The van der Waals surface area contributed by atoms with Gasteiger partial charge >= 0.3 is 0 Å². The quantitative estimate of drug-likeness (QED) is 0.677. The van der Waals surface area contributed by atoms with Gasteiger partial charge in [0.15, 0.2) is 0 Å². The first-order valence-electron chi connectivity index (χ1n) is 5.17. The molecule has 0 saturated heterocycles. The second-order valence-electron chi connectivity index (χ2n) is 3.39. The average molecular weight is 214 g/mol. The molecule has 0 bridgehead atoms. The van der Waals surface area contributed by atoms with Crippen LogP contribution >= 0.6 is 11.3 Å². The molecule has 0 aliphatic rings. The Bertz CT molecular complexity index is 503. The summed E-state index contributed by atoms with van der Waals surface area (Å²) in [5, 5.41) is 1.34. The summed E-state index contributed by atoms with van der Waals surface area (Å²) in [6.45, 7) is 6.02. The first kappa shape index (κ1) is 10.2. The van der Waals surface area contributed by atoms with E-state index in [4.69, 9.17) is 0 Å². The first-order valence-corrected chi connectivity index (χ1v) is 5.99. The predicted octanol–water partition coefficient (Wildman–Crippen LogP) is 4.97. The van der Waals surface area contributed by atoms with Crippen LogP contribution in [0.1, 0.15) is 23.8 Å². The topological polar surface area (TPSA) is 0 Å². The second kappa shape index (κ2) is 4.45. The molecule has 0 saturated carbocycles. The van der Waals surface area contributed by atoms with Crippen LogP contribution in [0.5, 0.6) is 0 Å². The highest BCUT2D eigenvalue weighted by molar-refractivity contribution is 7.20. The van der Waals surface area contributed by atoms with E-state index in [1.807, 2.05) is 6.08 Å². The molecule has 0 radical (unpaired) electrons. The molecule has 0 aliphatic carbocycles. The number of thiophene rings is 1. The van der Waals surface area contributed by atoms with Gasteiger partial charge in [-0.1, -0.05) is 49.9 Å². The van der Waals surface area contributed by atoms with Crippen molar-refractivity contribution in [2.45, 2.75) is 13.3 Å². The van der Waals surface area contributed by atoms with Crippen LogP contribution in [0.3, 0.4) is 0 Å². The van der Waals surface area contributed by atoms with E-state index < -0.39 is 0 Å². The van der Waals surface area contributed by atoms with E-state index in [2.05, 4.69) is 49.9 Å². The van der Waals surface area contributed by atoms with Gasteiger partial charge in [0, 0.05) is 15.0 Å². The van der Waals surface area contributed by atoms with Crippen LogP contribution in [-0.4, -0.2) is 0 Å². The summed E-state index contributed by atoms with van der Waals surface area (Å²) in [4.78, 5) is 1.26. The van der Waals surface area contributed by atoms with Gasteiger partial charge in [0.05, 0.1) is 0 Å². The summed E-state index contributed by atoms with van der Waals surface area (Å²) in [6, 6.07) is 8.51. The zero-order valence-corrected chi connectivity index (χ0v) is 9.68. The van der Waals surface area contributed by atoms with Gasteiger partial charge in [0.2, 0.25) is 0 Å². The highest BCUT2D eigenvalue weighted by atomic mass is 32.1. The lowest BCUT2D eigenvalue weighted by molar-refractivity contribution is 1.23. The van der Waals surface area contributed by atoms with Crippen molar-refractivity contribution in [2.75, 3.05) is 0 Å². The van der Waals surface area contributed by atoms with Crippen LogP contribution in [0.2, 0.25) is 0 Å². The van der Waals surface area contributed by atoms with Gasteiger partial charge in [0.1, 0.15) is 0 Å². The summed E-state index contributed by atoms with van der Waals surface area (Å²) >= 11 is 1.81. The fourth-order valence-corrected chi connectivity index (χ4v) is 2.69. The molecule has 0 unspecified atom stereocenters. The number of allylic oxidation sites excluding steroid dienone is 1. The molecule has 2 aromatic rings. The van der Waals surface area contributed by atoms with Gasteiger partial charge in [-0.2, -0.15) is 0 Å². The molecule has 0 aliphatic heterocycles. The van der Waals surface area contributed by atoms with Crippen LogP contribution in [-0.2, 0) is 0 Å². The summed E-state index contributed by atoms with van der Waals surface area (Å²) < 4.78 is 1.34. The molecule has 76 valence electrons. The number of fused-ring (bicyclic) bond motifs is 1. The summed E-state index contributed by atoms with van der Waals surface area (Å²) in [6.07, 6.45) is 7.41. The van der Waals surface area contributed by atoms with E-state index in [9.17, 15) is 0 Å². The Labute approximate surface area is 94.6 Å². The van der Waals surface area contributed by atoms with Crippen molar-refractivity contribution in [3.63, 3.8) is 0 Å². The van der Waals surface area contributed by atoms with E-state index in [1.165, 1.54) is 20.5 Å². The van der Waals surface area contributed by atoms with Crippen LogP contribution in [0.4, 0.5) is 0 Å². The smallest absolute Gasteiger partial charge is 0.0355 e. The van der Waals surface area contributed by atoms with E-state index in [0.29, 0.717) is 0 Å². The molecule has 1 aromatic heterocycles. The lowest BCUT2D eigenvalue weighted by atomic mass is 10.1. The minimum atomic E-state index is 1.07. The van der Waals surface area contributed by atoms with Crippen molar-refractivity contribution in [2.24, 2.45) is 0 Å². The van der Waals surface area contributed by atoms with Crippen LogP contribution in [0.25, 0.3) is 22.2 Å². The van der Waals surface area contributed by atoms with Gasteiger partial charge in [-0.15, -0.1) is 11.3 Å². The minimum Gasteiger partial charge on any atom is -0.135 e. The first-order chi connectivity index (χ1) is 7.36. The van der Waals surface area contributed by atoms with Crippen molar-refractivity contribution in [3.8, 4) is 0 Å². The Morgan fingerprint density at radius 3 is 2.87 bits per heavy atom. The van der Waals surface area contributed by atoms with Gasteiger partial charge in [-0.3, -0.25) is 0 Å². The standard InChI is InChI=1S/C14H14S/c1-3-5-8-11-12-9-6-7-10-14(12)15-13(11)4-2/h4-10H,2-3H2,1H3/b8-5-. The molecule has 2 rings (SSSR count). The molecule has 0 spiro atoms. The molecule has 15 heavy (non-hydrogen) atoms. The van der Waals surface area contributed by atoms with Crippen molar-refractivity contribution in [1.29, 1.82) is 0 Å². The van der Waals surface area contributed by atoms with Crippen molar-refractivity contribution < 1.29 is 0 Å². The second-order valence-corrected chi connectivity index (χ2v) is 4.47. The fraction of sp³-hybridized carbons (Fsp3) is 0.143. The molecular formula is C14H14S. The summed E-state index contributed by atoms with van der Waals surface area (Å²) in [7, 11) is 0. The molecular weight excluding hydrogens is 200 g/mol. The van der Waals surface area contributed by atoms with Gasteiger partial charge in [0.25, 0.3) is 0 Å². The van der Waals surface area contributed by atoms with E-state index in [0.717, 1.165) is 6.42 Å². The molecule has 0 atom stereocenters. The van der Waals surface area contributed by atoms with Crippen LogP contribution in [0.15, 0.2) is 36.9 Å². The largest absolute Gasteiger partial charge is 0.135 e. The Morgan fingerprint density at radius 1 is 1.33 bits per heavy atom. The summed E-state index contributed by atoms with van der Waals surface area (Å²) in [5.74, 6) is 0. The van der Waals surface area contributed by atoms with Gasteiger partial charge < -0.3 is 0 Å². The molecule has 1 heterocycles. The molecule has 1 heteroatoms. The number of hydrogen-bond donors (Lipinski definition) is 0. The van der Waals surface area contributed by atoms with Crippen molar-refractivity contribution >= 4 is 33.6 Å². The lowest BCUT2D eigenvalue weighted by Crippen LogP contribution is -1.71. The number of rotatable bonds is 3. The third kappa shape index (κ3) is 1.88. The predicted molar refractivity (Wildman–Crippen MR) is 71.2 cm³/mol. The Hall–Kier alpha value is -1.34. The molecule has 0 fully saturated rings. The maximum absolute atomic E-state index is 3.87. The van der Waals surface area contributed by atoms with Gasteiger partial charge in [-0.25, -0.2) is 0 Å². The molecule has 1 aromatic carbocycles. The zero-order valence-electron chi connectivity index (χ0n) is 8.86. The Morgan fingerprint density at radius 2 is 2.13 bits per heavy atom. The zero-order chi connectivity index (χ0) is 10.7. The van der Waals surface area contributed by atoms with Crippen molar-refractivity contribution in [1.82, 2.24) is 0 Å². The number of hydrogen-bond acceptors (Lipinski definition) is 1. The maximum Gasteiger partial charge on any atom is 0.0355 e. The van der Waals surface area contributed by atoms with E-state index in [1.54, 1.807) is 11.3 Å². The monoisotopic (exact) mass is 214 g/mol. The van der Waals surface area contributed by atoms with Crippen molar-refractivity contribution in [3.05, 3.63) is 47.4 Å². The Balaban J connectivity index is 2.66. The summed E-state index contributed by atoms with van der Waals surface area (Å²) in [5.41, 5.74) is 1.31. The number of benzene rings is 1. The molecule has 0 amide bonds. The minimum absolute atomic E-state index is 1.07. The third-order valence-corrected chi connectivity index (χ3v) is 3.55. The van der Waals surface area contributed by atoms with E-state index in [-0.39, 0.29) is 0 Å². The van der Waals surface area contributed by atoms with E-state index >= 15 is 0 Å². The molecule has 0 N–H and O–H groups in total. The maximum atomic E-state index is 3.87. The normalized spacial score (nSPS) is 11.3. The third-order valence-electron chi connectivity index (χ3n) is 2.37. The average Bonchev–Trinajstić information content (AvgIpc) is 2.64. The highest BCUT2D eigenvalue weighted by Crippen LogP contribution is 2.32. The molecule has 0 nitrogen and oxygen atoms in total. The lowest BCUT2D eigenvalue weighted by Gasteiger charge is -1.93. The Kier molecular flexibility index (Phi) is 3.02. The van der Waals surface area contributed by atoms with Crippen LogP contribution < -0.4 is 0 Å². The van der Waals surface area contributed by atoms with Crippen LogP contribution in [0, 0.1) is 0 Å². The SMILES string of the molecule is C=Cc1sc2ccccc2c1/C=C\CC. The fourth-order valence-electron chi connectivity index (χ4n) is 1.64. The van der Waals surface area contributed by atoms with Gasteiger partial charge in [-0.05, 0) is 18.1 Å².